The zero-order valence-electron chi connectivity index (χ0n) is 6.88. The summed E-state index contributed by atoms with van der Waals surface area (Å²) in [7, 11) is -3.32. The van der Waals surface area contributed by atoms with Crippen LogP contribution in [0.1, 0.15) is 0 Å². The molecule has 5 nitrogen and oxygen atoms in total. The van der Waals surface area contributed by atoms with Crippen molar-refractivity contribution >= 4 is 15.5 Å². The molecule has 0 spiro atoms. The van der Waals surface area contributed by atoms with Crippen LogP contribution in [0.2, 0.25) is 0 Å². The first-order valence-electron chi connectivity index (χ1n) is 3.40. The van der Waals surface area contributed by atoms with Gasteiger partial charge in [0, 0.05) is 11.2 Å². The highest BCUT2D eigenvalue weighted by atomic mass is 32.2. The average Bonchev–Trinajstić information content (AvgIpc) is 2.04. The summed E-state index contributed by atoms with van der Waals surface area (Å²) in [6.45, 7) is 0. The van der Waals surface area contributed by atoms with E-state index in [1.165, 1.54) is 12.1 Å². The van der Waals surface area contributed by atoms with E-state index in [0.29, 0.717) is 0 Å². The summed E-state index contributed by atoms with van der Waals surface area (Å²) in [5, 5.41) is 3.27. The number of rotatable bonds is 2. The maximum atomic E-state index is 11.1. The Hall–Kier alpha value is -1.52. The Balaban J connectivity index is 3.45. The summed E-state index contributed by atoms with van der Waals surface area (Å²) < 4.78 is 22.3. The molecule has 0 saturated heterocycles. The third kappa shape index (κ3) is 2.21. The minimum absolute atomic E-state index is 0.0489. The van der Waals surface area contributed by atoms with Gasteiger partial charge in [-0.25, -0.2) is 8.42 Å². The Morgan fingerprint density at radius 3 is 2.54 bits per heavy atom. The van der Waals surface area contributed by atoms with Crippen LogP contribution in [0.4, 0.5) is 5.69 Å². The third-order valence-electron chi connectivity index (χ3n) is 1.42. The van der Waals surface area contributed by atoms with E-state index in [4.69, 9.17) is 5.53 Å². The van der Waals surface area contributed by atoms with Crippen LogP contribution in [0.3, 0.4) is 0 Å². The minimum Gasteiger partial charge on any atom is -0.224 e. The van der Waals surface area contributed by atoms with Crippen molar-refractivity contribution in [3.05, 3.63) is 34.7 Å². The second kappa shape index (κ2) is 3.47. The summed E-state index contributed by atoms with van der Waals surface area (Å²) in [6.07, 6.45) is 1.07. The molecule has 0 unspecified atom stereocenters. The molecule has 0 radical (unpaired) electrons. The van der Waals surface area contributed by atoms with E-state index in [0.717, 1.165) is 6.26 Å². The lowest BCUT2D eigenvalue weighted by Crippen LogP contribution is -1.96. The van der Waals surface area contributed by atoms with Crippen molar-refractivity contribution in [2.45, 2.75) is 4.90 Å². The van der Waals surface area contributed by atoms with Gasteiger partial charge in [-0.05, 0) is 11.6 Å². The van der Waals surface area contributed by atoms with E-state index in [-0.39, 0.29) is 10.6 Å². The summed E-state index contributed by atoms with van der Waals surface area (Å²) in [5.41, 5.74) is 8.31. The van der Waals surface area contributed by atoms with Crippen LogP contribution in [0.5, 0.6) is 0 Å². The molecule has 0 bridgehead atoms. The van der Waals surface area contributed by atoms with Crippen LogP contribution in [0, 0.1) is 0 Å². The van der Waals surface area contributed by atoms with Crippen molar-refractivity contribution in [3.8, 4) is 0 Å². The van der Waals surface area contributed by atoms with E-state index in [2.05, 4.69) is 10.0 Å². The fourth-order valence-electron chi connectivity index (χ4n) is 0.902. The molecule has 0 N–H and O–H groups in total. The average molecular weight is 197 g/mol. The Morgan fingerprint density at radius 1 is 1.38 bits per heavy atom. The van der Waals surface area contributed by atoms with Crippen molar-refractivity contribution in [2.24, 2.45) is 5.11 Å². The largest absolute Gasteiger partial charge is 0.224 e. The van der Waals surface area contributed by atoms with E-state index in [1.807, 2.05) is 0 Å². The fraction of sp³-hybridized carbons (Fsp3) is 0.143. The first-order valence-corrected chi connectivity index (χ1v) is 5.29. The molecule has 0 fully saturated rings. The molecule has 6 heteroatoms. The van der Waals surface area contributed by atoms with E-state index < -0.39 is 9.84 Å². The predicted molar refractivity (Wildman–Crippen MR) is 48.4 cm³/mol. The topological polar surface area (TPSA) is 82.9 Å². The molecule has 1 aromatic carbocycles. The van der Waals surface area contributed by atoms with Gasteiger partial charge in [0.25, 0.3) is 0 Å². The second-order valence-corrected chi connectivity index (χ2v) is 4.41. The Kier molecular flexibility index (Phi) is 2.55. The predicted octanol–water partition coefficient (Wildman–Crippen LogP) is 2.03. The maximum Gasteiger partial charge on any atom is 0.175 e. The molecule has 0 amide bonds. The van der Waals surface area contributed by atoms with Crippen LogP contribution in [-0.2, 0) is 9.84 Å². The van der Waals surface area contributed by atoms with E-state index >= 15 is 0 Å². The molecule has 0 aliphatic rings. The second-order valence-electron chi connectivity index (χ2n) is 2.43. The summed E-state index contributed by atoms with van der Waals surface area (Å²) in [6, 6.07) is 6.04. The van der Waals surface area contributed by atoms with Gasteiger partial charge in [-0.15, -0.1) is 0 Å². The summed E-state index contributed by atoms with van der Waals surface area (Å²) in [4.78, 5) is 2.59. The van der Waals surface area contributed by atoms with Crippen LogP contribution in [-0.4, -0.2) is 14.7 Å². The van der Waals surface area contributed by atoms with Crippen molar-refractivity contribution in [1.82, 2.24) is 0 Å². The number of hydrogen-bond donors (Lipinski definition) is 0. The fourth-order valence-corrected chi connectivity index (χ4v) is 1.72. The van der Waals surface area contributed by atoms with Crippen molar-refractivity contribution in [3.63, 3.8) is 0 Å². The molecule has 1 rings (SSSR count). The zero-order valence-corrected chi connectivity index (χ0v) is 7.69. The molecular weight excluding hydrogens is 190 g/mol. The SMILES string of the molecule is CS(=O)(=O)c1ccccc1N=[N+]=[N-]. The molecule has 0 saturated carbocycles. The van der Waals surface area contributed by atoms with Gasteiger partial charge in [0.15, 0.2) is 9.84 Å². The lowest BCUT2D eigenvalue weighted by Gasteiger charge is -2.00. The molecule has 13 heavy (non-hydrogen) atoms. The van der Waals surface area contributed by atoms with Gasteiger partial charge in [-0.3, -0.25) is 0 Å². The Labute approximate surface area is 75.6 Å². The highest BCUT2D eigenvalue weighted by molar-refractivity contribution is 7.90. The molecule has 1 aromatic rings. The van der Waals surface area contributed by atoms with Crippen LogP contribution >= 0.6 is 0 Å². The van der Waals surface area contributed by atoms with Crippen LogP contribution in [0.25, 0.3) is 10.4 Å². The zero-order chi connectivity index (χ0) is 9.90. The maximum absolute atomic E-state index is 11.1. The van der Waals surface area contributed by atoms with Crippen molar-refractivity contribution in [1.29, 1.82) is 0 Å². The number of hydrogen-bond acceptors (Lipinski definition) is 3. The van der Waals surface area contributed by atoms with Gasteiger partial charge in [-0.1, -0.05) is 23.3 Å². The van der Waals surface area contributed by atoms with Crippen LogP contribution in [0.15, 0.2) is 34.3 Å². The summed E-state index contributed by atoms with van der Waals surface area (Å²) >= 11 is 0. The van der Waals surface area contributed by atoms with E-state index in [1.54, 1.807) is 12.1 Å². The normalized spacial score (nSPS) is 10.5. The first-order chi connectivity index (χ1) is 6.05. The lowest BCUT2D eigenvalue weighted by molar-refractivity contribution is 0.602. The van der Waals surface area contributed by atoms with Gasteiger partial charge in [0.05, 0.1) is 10.6 Å². The molecule has 0 atom stereocenters. The van der Waals surface area contributed by atoms with Crippen molar-refractivity contribution in [2.75, 3.05) is 6.26 Å². The van der Waals surface area contributed by atoms with Gasteiger partial charge in [0.1, 0.15) is 0 Å². The Bertz CT molecular complexity index is 460. The standard InChI is InChI=1S/C7H7N3O2S/c1-13(11,12)7-5-3-2-4-6(7)9-10-8/h2-5H,1H3. The number of nitrogens with zero attached hydrogens (tertiary/aromatic N) is 3. The minimum atomic E-state index is -3.32. The lowest BCUT2D eigenvalue weighted by atomic mass is 10.3. The number of sulfone groups is 1. The van der Waals surface area contributed by atoms with Crippen LogP contribution < -0.4 is 0 Å². The smallest absolute Gasteiger partial charge is 0.175 e. The number of benzene rings is 1. The highest BCUT2D eigenvalue weighted by Crippen LogP contribution is 2.23. The summed E-state index contributed by atoms with van der Waals surface area (Å²) in [5.74, 6) is 0. The molecule has 0 heterocycles. The Morgan fingerprint density at radius 2 is 2.00 bits per heavy atom. The molecular formula is C7H7N3O2S. The third-order valence-corrected chi connectivity index (χ3v) is 2.56. The highest BCUT2D eigenvalue weighted by Gasteiger charge is 2.10. The van der Waals surface area contributed by atoms with Gasteiger partial charge in [0.2, 0.25) is 0 Å². The molecule has 0 aliphatic carbocycles. The number of azide groups is 1. The first kappa shape index (κ1) is 9.57. The van der Waals surface area contributed by atoms with Gasteiger partial charge < -0.3 is 0 Å². The quantitative estimate of drug-likeness (QED) is 0.413. The monoisotopic (exact) mass is 197 g/mol. The van der Waals surface area contributed by atoms with E-state index in [9.17, 15) is 8.42 Å². The van der Waals surface area contributed by atoms with Gasteiger partial charge >= 0.3 is 0 Å². The molecule has 0 aromatic heterocycles. The molecule has 0 aliphatic heterocycles. The van der Waals surface area contributed by atoms with Gasteiger partial charge in [-0.2, -0.15) is 0 Å². The van der Waals surface area contributed by atoms with Crippen molar-refractivity contribution < 1.29 is 8.42 Å². The molecule has 68 valence electrons.